The number of aliphatic hydroxyl groups excluding tert-OH is 1. The topological polar surface area (TPSA) is 50.7 Å². The molecule has 2 aromatic carbocycles. The number of piperidine rings is 1. The first-order chi connectivity index (χ1) is 11.8. The summed E-state index contributed by atoms with van der Waals surface area (Å²) in [7, 11) is 0. The standard InChI is InChI=1S/C20H23NO3/c22-17-11-12-21-18(13-17)19-14-23-20(24-19,15-7-3-1-4-8-15)16-9-5-2-6-10-16/h1-10,17-19,21-22H,11-14H2/t17-,18+,19+/m1/s1. The molecule has 2 aliphatic heterocycles. The van der Waals surface area contributed by atoms with Gasteiger partial charge in [0.1, 0.15) is 6.10 Å². The number of ether oxygens (including phenoxy) is 2. The molecule has 3 atom stereocenters. The van der Waals surface area contributed by atoms with Crippen LogP contribution < -0.4 is 5.32 Å². The van der Waals surface area contributed by atoms with Gasteiger partial charge in [0.05, 0.1) is 12.7 Å². The molecule has 0 amide bonds. The number of nitrogens with one attached hydrogen (secondary N) is 1. The van der Waals surface area contributed by atoms with Crippen LogP contribution in [0.25, 0.3) is 0 Å². The lowest BCUT2D eigenvalue weighted by Gasteiger charge is -2.33. The van der Waals surface area contributed by atoms with Gasteiger partial charge in [0.15, 0.2) is 0 Å². The van der Waals surface area contributed by atoms with Gasteiger partial charge in [0.25, 0.3) is 0 Å². The SMILES string of the molecule is O[C@@H]1CCN[C@H]([C@@H]2COC(c3ccccc3)(c3ccccc3)O2)C1. The predicted octanol–water partition coefficient (Wildman–Crippen LogP) is 2.42. The molecule has 0 radical (unpaired) electrons. The third kappa shape index (κ3) is 2.87. The molecule has 24 heavy (non-hydrogen) atoms. The second kappa shape index (κ2) is 6.65. The Hall–Kier alpha value is -1.72. The molecule has 2 saturated heterocycles. The highest BCUT2D eigenvalue weighted by molar-refractivity contribution is 5.34. The van der Waals surface area contributed by atoms with Crippen molar-refractivity contribution in [2.24, 2.45) is 0 Å². The summed E-state index contributed by atoms with van der Waals surface area (Å²) in [4.78, 5) is 0. The minimum atomic E-state index is -0.878. The van der Waals surface area contributed by atoms with E-state index in [0.717, 1.165) is 24.1 Å². The third-order valence-electron chi connectivity index (χ3n) is 4.93. The first-order valence-corrected chi connectivity index (χ1v) is 8.62. The van der Waals surface area contributed by atoms with E-state index in [1.54, 1.807) is 0 Å². The smallest absolute Gasteiger partial charge is 0.222 e. The maximum absolute atomic E-state index is 9.97. The molecular formula is C20H23NO3. The molecule has 2 aromatic rings. The number of benzene rings is 2. The van der Waals surface area contributed by atoms with E-state index in [9.17, 15) is 5.11 Å². The van der Waals surface area contributed by atoms with Crippen molar-refractivity contribution >= 4 is 0 Å². The quantitative estimate of drug-likeness (QED) is 0.910. The summed E-state index contributed by atoms with van der Waals surface area (Å²) in [5.74, 6) is -0.878. The van der Waals surface area contributed by atoms with Crippen LogP contribution in [0.1, 0.15) is 24.0 Å². The van der Waals surface area contributed by atoms with Crippen molar-refractivity contribution in [2.45, 2.75) is 36.9 Å². The van der Waals surface area contributed by atoms with E-state index in [-0.39, 0.29) is 18.2 Å². The van der Waals surface area contributed by atoms with Gasteiger partial charge < -0.3 is 19.9 Å². The zero-order valence-electron chi connectivity index (χ0n) is 13.6. The monoisotopic (exact) mass is 325 g/mol. The van der Waals surface area contributed by atoms with Crippen LogP contribution in [0.4, 0.5) is 0 Å². The second-order valence-corrected chi connectivity index (χ2v) is 6.55. The highest BCUT2D eigenvalue weighted by Crippen LogP contribution is 2.41. The lowest BCUT2D eigenvalue weighted by molar-refractivity contribution is -0.147. The summed E-state index contributed by atoms with van der Waals surface area (Å²) in [5, 5.41) is 13.4. The summed E-state index contributed by atoms with van der Waals surface area (Å²) >= 11 is 0. The molecule has 2 aliphatic rings. The highest BCUT2D eigenvalue weighted by Gasteiger charge is 2.47. The Kier molecular flexibility index (Phi) is 4.37. The minimum absolute atomic E-state index is 0.0830. The largest absolute Gasteiger partial charge is 0.393 e. The van der Waals surface area contributed by atoms with Crippen LogP contribution in [-0.4, -0.2) is 36.5 Å². The van der Waals surface area contributed by atoms with E-state index < -0.39 is 5.79 Å². The first kappa shape index (κ1) is 15.8. The zero-order valence-corrected chi connectivity index (χ0v) is 13.6. The van der Waals surface area contributed by atoms with Crippen molar-refractivity contribution in [3.8, 4) is 0 Å². The molecule has 0 aliphatic carbocycles. The maximum Gasteiger partial charge on any atom is 0.222 e. The van der Waals surface area contributed by atoms with Crippen molar-refractivity contribution < 1.29 is 14.6 Å². The van der Waals surface area contributed by atoms with Gasteiger partial charge in [-0.1, -0.05) is 60.7 Å². The van der Waals surface area contributed by atoms with Gasteiger partial charge in [0.2, 0.25) is 5.79 Å². The van der Waals surface area contributed by atoms with E-state index in [4.69, 9.17) is 9.47 Å². The fraction of sp³-hybridized carbons (Fsp3) is 0.400. The maximum atomic E-state index is 9.97. The molecule has 2 fully saturated rings. The molecule has 4 rings (SSSR count). The fourth-order valence-electron chi connectivity index (χ4n) is 3.68. The van der Waals surface area contributed by atoms with E-state index in [1.165, 1.54) is 0 Å². The molecule has 0 spiro atoms. The summed E-state index contributed by atoms with van der Waals surface area (Å²) in [5.41, 5.74) is 1.99. The number of hydrogen-bond acceptors (Lipinski definition) is 4. The highest BCUT2D eigenvalue weighted by atomic mass is 16.7. The minimum Gasteiger partial charge on any atom is -0.393 e. The van der Waals surface area contributed by atoms with Gasteiger partial charge in [-0.2, -0.15) is 0 Å². The Labute approximate surface area is 142 Å². The number of rotatable bonds is 3. The van der Waals surface area contributed by atoms with Crippen LogP contribution in [0.3, 0.4) is 0 Å². The summed E-state index contributed by atoms with van der Waals surface area (Å²) in [6.07, 6.45) is 1.16. The number of hydrogen-bond donors (Lipinski definition) is 2. The second-order valence-electron chi connectivity index (χ2n) is 6.55. The molecule has 0 aromatic heterocycles. The Morgan fingerprint density at radius 3 is 2.17 bits per heavy atom. The van der Waals surface area contributed by atoms with Crippen LogP contribution in [-0.2, 0) is 15.3 Å². The third-order valence-corrected chi connectivity index (χ3v) is 4.93. The Bertz CT molecular complexity index is 622. The zero-order chi connectivity index (χ0) is 16.4. The van der Waals surface area contributed by atoms with Crippen LogP contribution >= 0.6 is 0 Å². The molecule has 126 valence electrons. The van der Waals surface area contributed by atoms with Crippen molar-refractivity contribution in [1.82, 2.24) is 5.32 Å². The first-order valence-electron chi connectivity index (χ1n) is 8.62. The molecule has 4 nitrogen and oxygen atoms in total. The Morgan fingerprint density at radius 1 is 0.958 bits per heavy atom. The van der Waals surface area contributed by atoms with Gasteiger partial charge in [-0.3, -0.25) is 0 Å². The van der Waals surface area contributed by atoms with Crippen LogP contribution in [0, 0.1) is 0 Å². The van der Waals surface area contributed by atoms with Crippen LogP contribution in [0.15, 0.2) is 60.7 Å². The number of aliphatic hydroxyl groups is 1. The van der Waals surface area contributed by atoms with Crippen molar-refractivity contribution in [1.29, 1.82) is 0 Å². The van der Waals surface area contributed by atoms with Gasteiger partial charge >= 0.3 is 0 Å². The molecule has 0 unspecified atom stereocenters. The molecule has 4 heteroatoms. The molecular weight excluding hydrogens is 302 g/mol. The van der Waals surface area contributed by atoms with E-state index >= 15 is 0 Å². The summed E-state index contributed by atoms with van der Waals surface area (Å²) < 4.78 is 12.8. The van der Waals surface area contributed by atoms with Crippen molar-refractivity contribution in [3.63, 3.8) is 0 Å². The van der Waals surface area contributed by atoms with Crippen LogP contribution in [0.2, 0.25) is 0 Å². The molecule has 0 saturated carbocycles. The van der Waals surface area contributed by atoms with Crippen molar-refractivity contribution in [2.75, 3.05) is 13.2 Å². The van der Waals surface area contributed by atoms with Crippen LogP contribution in [0.5, 0.6) is 0 Å². The lowest BCUT2D eigenvalue weighted by atomic mass is 9.96. The normalized spacial score (nSPS) is 29.5. The van der Waals surface area contributed by atoms with E-state index in [1.807, 2.05) is 60.7 Å². The van der Waals surface area contributed by atoms with Gasteiger partial charge in [-0.15, -0.1) is 0 Å². The lowest BCUT2D eigenvalue weighted by Crippen LogP contribution is -2.48. The fourth-order valence-corrected chi connectivity index (χ4v) is 3.68. The molecule has 0 bridgehead atoms. The predicted molar refractivity (Wildman–Crippen MR) is 91.5 cm³/mol. The summed E-state index contributed by atoms with van der Waals surface area (Å²) in [6, 6.07) is 20.3. The van der Waals surface area contributed by atoms with Gasteiger partial charge in [-0.25, -0.2) is 0 Å². The van der Waals surface area contributed by atoms with E-state index in [0.29, 0.717) is 13.0 Å². The summed E-state index contributed by atoms with van der Waals surface area (Å²) in [6.45, 7) is 1.32. The Morgan fingerprint density at radius 2 is 1.58 bits per heavy atom. The van der Waals surface area contributed by atoms with Gasteiger partial charge in [0, 0.05) is 17.2 Å². The average molecular weight is 325 g/mol. The van der Waals surface area contributed by atoms with Gasteiger partial charge in [-0.05, 0) is 19.4 Å². The molecule has 2 N–H and O–H groups in total. The Balaban J connectivity index is 1.66. The van der Waals surface area contributed by atoms with E-state index in [2.05, 4.69) is 5.32 Å². The van der Waals surface area contributed by atoms with Crippen molar-refractivity contribution in [3.05, 3.63) is 71.8 Å². The molecule has 2 heterocycles. The average Bonchev–Trinajstić information content (AvgIpc) is 3.10.